The van der Waals surface area contributed by atoms with Gasteiger partial charge in [-0.05, 0) is 47.9 Å². The number of hydrogen-bond acceptors (Lipinski definition) is 6. The lowest BCUT2D eigenvalue weighted by Crippen LogP contribution is -2.14. The van der Waals surface area contributed by atoms with Gasteiger partial charge in [0.25, 0.3) is 5.91 Å². The van der Waals surface area contributed by atoms with Gasteiger partial charge in [-0.3, -0.25) is 4.79 Å². The van der Waals surface area contributed by atoms with Gasteiger partial charge in [-0.25, -0.2) is 19.9 Å². The largest absolute Gasteiger partial charge is 0.438 e. The summed E-state index contributed by atoms with van der Waals surface area (Å²) in [6.07, 6.45) is -1.31. The van der Waals surface area contributed by atoms with Gasteiger partial charge in [-0.1, -0.05) is 32.9 Å². The fourth-order valence-corrected chi connectivity index (χ4v) is 3.52. The number of hydrogen-bond donors (Lipinski definition) is 1. The zero-order valence-corrected chi connectivity index (χ0v) is 20.4. The molecule has 0 atom stereocenters. The minimum atomic E-state index is -4.67. The second-order valence-corrected chi connectivity index (χ2v) is 8.52. The molecule has 0 aliphatic carbocycles. The summed E-state index contributed by atoms with van der Waals surface area (Å²) in [5, 5.41) is 2.55. The molecule has 2 aromatic heterocycles. The van der Waals surface area contributed by atoms with Crippen LogP contribution in [0.2, 0.25) is 0 Å². The Morgan fingerprint density at radius 2 is 1.84 bits per heavy atom. The molecule has 4 aromatic rings. The molecule has 0 unspecified atom stereocenters. The molecule has 0 saturated heterocycles. The second-order valence-electron chi connectivity index (χ2n) is 8.52. The highest BCUT2D eigenvalue weighted by molar-refractivity contribution is 6.04. The van der Waals surface area contributed by atoms with Crippen molar-refractivity contribution in [3.8, 4) is 23.0 Å². The third-order valence-electron chi connectivity index (χ3n) is 5.47. The maximum atomic E-state index is 13.7. The summed E-state index contributed by atoms with van der Waals surface area (Å²) in [6, 6.07) is 13.2. The Morgan fingerprint density at radius 3 is 2.57 bits per heavy atom. The van der Waals surface area contributed by atoms with E-state index in [1.165, 1.54) is 18.6 Å². The van der Waals surface area contributed by atoms with Crippen LogP contribution in [0.3, 0.4) is 0 Å². The van der Waals surface area contributed by atoms with Gasteiger partial charge >= 0.3 is 6.18 Å². The summed E-state index contributed by atoms with van der Waals surface area (Å²) in [4.78, 5) is 29.6. The van der Waals surface area contributed by atoms with Crippen molar-refractivity contribution in [1.82, 2.24) is 19.9 Å². The maximum absolute atomic E-state index is 13.7. The number of aromatic nitrogens is 4. The Balaban J connectivity index is 1.68. The van der Waals surface area contributed by atoms with E-state index in [1.807, 2.05) is 26.8 Å². The Kier molecular flexibility index (Phi) is 7.47. The number of nitrogens with zero attached hydrogens (tertiary/aromatic N) is 4. The normalized spacial score (nSPS) is 11.4. The van der Waals surface area contributed by atoms with Gasteiger partial charge in [0.15, 0.2) is 5.82 Å². The molecule has 1 N–H and O–H groups in total. The first-order valence-electron chi connectivity index (χ1n) is 11.6. The Hall–Kier alpha value is -4.34. The SMILES string of the molecule is CCc1ncnc(-c2cccnc2Oc2cc(NC(=O)c3cccc(C(C)C)c3)cc(C(F)(F)F)c2)n1. The van der Waals surface area contributed by atoms with Crippen LogP contribution in [0, 0.1) is 0 Å². The van der Waals surface area contributed by atoms with E-state index in [2.05, 4.69) is 25.3 Å². The van der Waals surface area contributed by atoms with Crippen molar-refractivity contribution in [1.29, 1.82) is 0 Å². The minimum absolute atomic E-state index is 0.0111. The van der Waals surface area contributed by atoms with Crippen LogP contribution in [-0.4, -0.2) is 25.8 Å². The standard InChI is InChI=1S/C27H24F3N5O2/c1-4-23-32-15-33-24(35-23)22-9-6-10-31-26(22)37-21-13-19(27(28,29)30)12-20(14-21)34-25(36)18-8-5-7-17(11-18)16(2)3/h5-16H,4H2,1-3H3,(H,34,36). The zero-order chi connectivity index (χ0) is 26.6. The molecular weight excluding hydrogens is 483 g/mol. The molecule has 7 nitrogen and oxygen atoms in total. The van der Waals surface area contributed by atoms with Crippen LogP contribution in [-0.2, 0) is 12.6 Å². The number of nitrogens with one attached hydrogen (secondary N) is 1. The van der Waals surface area contributed by atoms with Gasteiger partial charge in [-0.15, -0.1) is 0 Å². The zero-order valence-electron chi connectivity index (χ0n) is 20.4. The molecule has 0 saturated carbocycles. The van der Waals surface area contributed by atoms with Crippen LogP contribution in [0.1, 0.15) is 54.0 Å². The number of halogens is 3. The summed E-state index contributed by atoms with van der Waals surface area (Å²) in [5.74, 6) is 0.323. The third-order valence-corrected chi connectivity index (χ3v) is 5.47. The fraction of sp³-hybridized carbons (Fsp3) is 0.222. The van der Waals surface area contributed by atoms with E-state index in [9.17, 15) is 18.0 Å². The lowest BCUT2D eigenvalue weighted by Gasteiger charge is -2.15. The predicted molar refractivity (Wildman–Crippen MR) is 132 cm³/mol. The molecular formula is C27H24F3N5O2. The number of benzene rings is 2. The third kappa shape index (κ3) is 6.27. The fourth-order valence-electron chi connectivity index (χ4n) is 3.52. The van der Waals surface area contributed by atoms with E-state index in [1.54, 1.807) is 30.3 Å². The lowest BCUT2D eigenvalue weighted by molar-refractivity contribution is -0.137. The van der Waals surface area contributed by atoms with Crippen LogP contribution in [0.4, 0.5) is 18.9 Å². The van der Waals surface area contributed by atoms with Gasteiger partial charge in [0.05, 0.1) is 11.1 Å². The topological polar surface area (TPSA) is 89.9 Å². The highest BCUT2D eigenvalue weighted by atomic mass is 19.4. The molecule has 0 radical (unpaired) electrons. The number of aryl methyl sites for hydroxylation is 1. The molecule has 0 fully saturated rings. The van der Waals surface area contributed by atoms with E-state index < -0.39 is 17.6 Å². The van der Waals surface area contributed by atoms with Crippen molar-refractivity contribution in [3.63, 3.8) is 0 Å². The number of ether oxygens (including phenoxy) is 1. The number of carbonyl (C=O) groups excluding carboxylic acids is 1. The number of carbonyl (C=O) groups is 1. The molecule has 0 spiro atoms. The smallest absolute Gasteiger partial charge is 0.416 e. The Morgan fingerprint density at radius 1 is 1.03 bits per heavy atom. The molecule has 4 rings (SSSR count). The van der Waals surface area contributed by atoms with Crippen LogP contribution >= 0.6 is 0 Å². The highest BCUT2D eigenvalue weighted by Gasteiger charge is 2.32. The van der Waals surface area contributed by atoms with Crippen molar-refractivity contribution < 1.29 is 22.7 Å². The second kappa shape index (κ2) is 10.7. The number of rotatable bonds is 7. The van der Waals surface area contributed by atoms with E-state index in [4.69, 9.17) is 4.74 Å². The number of pyridine rings is 1. The van der Waals surface area contributed by atoms with Crippen molar-refractivity contribution in [2.45, 2.75) is 39.3 Å². The number of anilines is 1. The first-order valence-corrected chi connectivity index (χ1v) is 11.6. The molecule has 2 heterocycles. The molecule has 1 amide bonds. The van der Waals surface area contributed by atoms with E-state index in [0.29, 0.717) is 23.4 Å². The molecule has 190 valence electrons. The molecule has 0 aliphatic rings. The summed E-state index contributed by atoms with van der Waals surface area (Å²) < 4.78 is 46.9. The van der Waals surface area contributed by atoms with Gasteiger partial charge in [0, 0.05) is 29.9 Å². The first kappa shape index (κ1) is 25.7. The van der Waals surface area contributed by atoms with Crippen LogP contribution < -0.4 is 10.1 Å². The summed E-state index contributed by atoms with van der Waals surface area (Å²) in [6.45, 7) is 5.86. The van der Waals surface area contributed by atoms with Crippen LogP contribution in [0.15, 0.2) is 67.1 Å². The monoisotopic (exact) mass is 507 g/mol. The average molecular weight is 508 g/mol. The van der Waals surface area contributed by atoms with E-state index in [-0.39, 0.29) is 29.1 Å². The Labute approximate surface area is 211 Å². The highest BCUT2D eigenvalue weighted by Crippen LogP contribution is 2.37. The van der Waals surface area contributed by atoms with Crippen LogP contribution in [0.25, 0.3) is 11.4 Å². The molecule has 2 aromatic carbocycles. The van der Waals surface area contributed by atoms with Gasteiger partial charge in [0.1, 0.15) is 17.9 Å². The van der Waals surface area contributed by atoms with Crippen LogP contribution in [0.5, 0.6) is 11.6 Å². The molecule has 0 bridgehead atoms. The summed E-state index contributed by atoms with van der Waals surface area (Å²) >= 11 is 0. The van der Waals surface area contributed by atoms with Gasteiger partial charge < -0.3 is 10.1 Å². The molecule has 10 heteroatoms. The summed E-state index contributed by atoms with van der Waals surface area (Å²) in [5.41, 5.74) is 0.596. The average Bonchev–Trinajstić information content (AvgIpc) is 2.88. The van der Waals surface area contributed by atoms with Gasteiger partial charge in [-0.2, -0.15) is 13.2 Å². The van der Waals surface area contributed by atoms with E-state index in [0.717, 1.165) is 17.7 Å². The van der Waals surface area contributed by atoms with Crippen molar-refractivity contribution in [2.75, 3.05) is 5.32 Å². The van der Waals surface area contributed by atoms with Crippen molar-refractivity contribution in [2.24, 2.45) is 0 Å². The number of alkyl halides is 3. The minimum Gasteiger partial charge on any atom is -0.438 e. The van der Waals surface area contributed by atoms with E-state index >= 15 is 0 Å². The first-order chi connectivity index (χ1) is 17.6. The maximum Gasteiger partial charge on any atom is 0.416 e. The quantitative estimate of drug-likeness (QED) is 0.300. The molecule has 0 aliphatic heterocycles. The number of amides is 1. The lowest BCUT2D eigenvalue weighted by atomic mass is 10.0. The Bertz CT molecular complexity index is 1420. The molecule has 37 heavy (non-hydrogen) atoms. The van der Waals surface area contributed by atoms with Gasteiger partial charge in [0.2, 0.25) is 5.88 Å². The summed E-state index contributed by atoms with van der Waals surface area (Å²) in [7, 11) is 0. The predicted octanol–water partition coefficient (Wildman–Crippen LogP) is 6.68. The van der Waals surface area contributed by atoms with Crippen molar-refractivity contribution >= 4 is 11.6 Å². The van der Waals surface area contributed by atoms with Crippen molar-refractivity contribution in [3.05, 3.63) is 89.6 Å².